The van der Waals surface area contributed by atoms with Crippen LogP contribution in [0.4, 0.5) is 0 Å². The lowest BCUT2D eigenvalue weighted by atomic mass is 9.83. The van der Waals surface area contributed by atoms with E-state index in [0.29, 0.717) is 0 Å². The highest BCUT2D eigenvalue weighted by Gasteiger charge is 2.27. The first-order chi connectivity index (χ1) is 30.8. The van der Waals surface area contributed by atoms with E-state index >= 15 is 0 Å². The van der Waals surface area contributed by atoms with Crippen molar-refractivity contribution in [2.75, 3.05) is 0 Å². The summed E-state index contributed by atoms with van der Waals surface area (Å²) in [5, 5.41) is 23.6. The van der Waals surface area contributed by atoms with Crippen LogP contribution in [0.2, 0.25) is 0 Å². The van der Waals surface area contributed by atoms with Crippen molar-refractivity contribution in [3.8, 4) is 44.5 Å². The van der Waals surface area contributed by atoms with Gasteiger partial charge in [0.05, 0.1) is 0 Å². The second kappa shape index (κ2) is 12.7. The second-order valence-corrected chi connectivity index (χ2v) is 17.0. The predicted octanol–water partition coefficient (Wildman–Crippen LogP) is 17.6. The molecule has 0 aliphatic rings. The van der Waals surface area contributed by atoms with E-state index in [1.54, 1.807) is 0 Å². The molecule has 0 heteroatoms. The van der Waals surface area contributed by atoms with Crippen molar-refractivity contribution in [1.29, 1.82) is 0 Å². The molecule has 0 amide bonds. The monoisotopic (exact) mass is 780 g/mol. The molecule has 0 heterocycles. The minimum atomic E-state index is 1.23. The van der Waals surface area contributed by atoms with Crippen LogP contribution in [0, 0.1) is 0 Å². The maximum Gasteiger partial charge on any atom is -0.000697 e. The molecule has 14 rings (SSSR count). The van der Waals surface area contributed by atoms with Crippen LogP contribution in [-0.4, -0.2) is 0 Å². The van der Waals surface area contributed by atoms with Gasteiger partial charge in [0, 0.05) is 0 Å². The number of benzene rings is 12. The minimum Gasteiger partial charge on any atom is -0.0622 e. The summed E-state index contributed by atoms with van der Waals surface area (Å²) in [5.74, 6) is 0. The Labute approximate surface area is 358 Å². The third kappa shape index (κ3) is 4.56. The third-order valence-electron chi connectivity index (χ3n) is 13.9. The molecule has 0 fully saturated rings. The highest BCUT2D eigenvalue weighted by molar-refractivity contribution is 6.46. The summed E-state index contributed by atoms with van der Waals surface area (Å²) < 4.78 is 0. The Bertz CT molecular complexity index is 4110. The SMILES string of the molecule is c1ccc(-c2ccccc2-c2ccc3c(ccc4cc5c6c(-c7ccccc7)c7c(cc8c9ccccc9c9cccc7c98)c(-c7ccccc7)c6c6cccc(c43)c65)c2)cc1. The fraction of sp³-hybridized carbons (Fsp3) is 0. The summed E-state index contributed by atoms with van der Waals surface area (Å²) in [6.45, 7) is 0. The topological polar surface area (TPSA) is 0 Å². The molecule has 0 atom stereocenters. The van der Waals surface area contributed by atoms with E-state index in [1.807, 2.05) is 0 Å². The third-order valence-corrected chi connectivity index (χ3v) is 13.9. The van der Waals surface area contributed by atoms with Gasteiger partial charge in [-0.2, -0.15) is 0 Å². The van der Waals surface area contributed by atoms with Crippen molar-refractivity contribution in [2.24, 2.45) is 0 Å². The quantitative estimate of drug-likeness (QED) is 0.156. The van der Waals surface area contributed by atoms with Crippen LogP contribution in [0.5, 0.6) is 0 Å². The maximum atomic E-state index is 2.53. The van der Waals surface area contributed by atoms with Gasteiger partial charge in [-0.15, -0.1) is 0 Å². The number of fused-ring (bicyclic) bond motifs is 12. The molecule has 0 saturated carbocycles. The molecule has 62 heavy (non-hydrogen) atoms. The molecule has 14 aromatic carbocycles. The lowest BCUT2D eigenvalue weighted by Gasteiger charge is -2.19. The first-order valence-corrected chi connectivity index (χ1v) is 21.7. The van der Waals surface area contributed by atoms with Crippen molar-refractivity contribution in [3.63, 3.8) is 0 Å². The van der Waals surface area contributed by atoms with Gasteiger partial charge in [-0.25, -0.2) is 0 Å². The number of hydrogen-bond acceptors (Lipinski definition) is 0. The van der Waals surface area contributed by atoms with Gasteiger partial charge in [0.25, 0.3) is 0 Å². The lowest BCUT2D eigenvalue weighted by molar-refractivity contribution is 1.59. The van der Waals surface area contributed by atoms with Gasteiger partial charge in [0.15, 0.2) is 0 Å². The standard InChI is InChI=1S/C62H36/c1-4-16-37(17-5-1)43-22-10-11-23-44(43)40-32-33-45-41(34-40)30-31-42-35-53-59-49(55(42)45)27-15-29-51(59)61-56(38-18-6-2-7-19-38)54-36-52-47-25-13-12-24-46(47)48-26-14-28-50(58(48)52)60(54)57(62(53)61)39-20-8-3-9-21-39/h1-36H. The fourth-order valence-electron chi connectivity index (χ4n) is 11.4. The van der Waals surface area contributed by atoms with Crippen molar-refractivity contribution >= 4 is 97.0 Å². The molecule has 0 spiro atoms. The highest BCUT2D eigenvalue weighted by atomic mass is 14.3. The molecule has 0 aromatic heterocycles. The van der Waals surface area contributed by atoms with E-state index < -0.39 is 0 Å². The van der Waals surface area contributed by atoms with E-state index in [0.717, 1.165) is 0 Å². The van der Waals surface area contributed by atoms with Crippen LogP contribution in [0.3, 0.4) is 0 Å². The van der Waals surface area contributed by atoms with Crippen LogP contribution in [0.25, 0.3) is 141 Å². The summed E-state index contributed by atoms with van der Waals surface area (Å²) in [6.07, 6.45) is 0. The average molecular weight is 781 g/mol. The smallest absolute Gasteiger partial charge is 0.000697 e. The zero-order chi connectivity index (χ0) is 40.5. The molecule has 0 bridgehead atoms. The van der Waals surface area contributed by atoms with Gasteiger partial charge in [-0.1, -0.05) is 200 Å². The van der Waals surface area contributed by atoms with Gasteiger partial charge in [0.1, 0.15) is 0 Å². The van der Waals surface area contributed by atoms with E-state index in [2.05, 4.69) is 218 Å². The van der Waals surface area contributed by atoms with Gasteiger partial charge in [0.2, 0.25) is 0 Å². The van der Waals surface area contributed by atoms with E-state index in [9.17, 15) is 0 Å². The summed E-state index contributed by atoms with van der Waals surface area (Å²) in [7, 11) is 0. The predicted molar refractivity (Wildman–Crippen MR) is 268 cm³/mol. The first kappa shape index (κ1) is 33.7. The summed E-state index contributed by atoms with van der Waals surface area (Å²) in [4.78, 5) is 0. The van der Waals surface area contributed by atoms with Crippen LogP contribution >= 0.6 is 0 Å². The largest absolute Gasteiger partial charge is 0.0622 e. The molecule has 0 unspecified atom stereocenters. The van der Waals surface area contributed by atoms with E-state index in [1.165, 1.54) is 141 Å². The van der Waals surface area contributed by atoms with Crippen LogP contribution in [0.15, 0.2) is 218 Å². The van der Waals surface area contributed by atoms with E-state index in [-0.39, 0.29) is 0 Å². The Morgan fingerprint density at radius 3 is 1.39 bits per heavy atom. The second-order valence-electron chi connectivity index (χ2n) is 17.0. The molecular weight excluding hydrogens is 745 g/mol. The van der Waals surface area contributed by atoms with Crippen LogP contribution in [-0.2, 0) is 0 Å². The molecule has 0 aliphatic carbocycles. The Balaban J connectivity index is 1.16. The average Bonchev–Trinajstić information content (AvgIpc) is 3.85. The molecule has 284 valence electrons. The van der Waals surface area contributed by atoms with Crippen molar-refractivity contribution in [3.05, 3.63) is 218 Å². The van der Waals surface area contributed by atoms with Gasteiger partial charge in [-0.3, -0.25) is 0 Å². The molecular formula is C62H36. The van der Waals surface area contributed by atoms with E-state index in [4.69, 9.17) is 0 Å². The Morgan fingerprint density at radius 1 is 0.177 bits per heavy atom. The molecule has 0 aliphatic heterocycles. The summed E-state index contributed by atoms with van der Waals surface area (Å²) in [5.41, 5.74) is 10.1. The number of hydrogen-bond donors (Lipinski definition) is 0. The van der Waals surface area contributed by atoms with Crippen LogP contribution in [0.1, 0.15) is 0 Å². The Hall–Kier alpha value is -8.06. The Morgan fingerprint density at radius 2 is 0.677 bits per heavy atom. The van der Waals surface area contributed by atoms with Crippen LogP contribution < -0.4 is 0 Å². The molecule has 0 nitrogen and oxygen atoms in total. The highest BCUT2D eigenvalue weighted by Crippen LogP contribution is 2.55. The molecule has 0 radical (unpaired) electrons. The zero-order valence-corrected chi connectivity index (χ0v) is 33.8. The van der Waals surface area contributed by atoms with Crippen molar-refractivity contribution in [2.45, 2.75) is 0 Å². The summed E-state index contributed by atoms with van der Waals surface area (Å²) in [6, 6.07) is 81.7. The minimum absolute atomic E-state index is 1.23. The molecule has 14 aromatic rings. The maximum absolute atomic E-state index is 2.53. The fourth-order valence-corrected chi connectivity index (χ4v) is 11.4. The zero-order valence-electron chi connectivity index (χ0n) is 33.8. The molecule has 0 saturated heterocycles. The lowest BCUT2D eigenvalue weighted by Crippen LogP contribution is -1.91. The van der Waals surface area contributed by atoms with Crippen molar-refractivity contribution < 1.29 is 0 Å². The normalized spacial score (nSPS) is 12.2. The molecule has 0 N–H and O–H groups in total. The van der Waals surface area contributed by atoms with Gasteiger partial charge < -0.3 is 0 Å². The van der Waals surface area contributed by atoms with Gasteiger partial charge >= 0.3 is 0 Å². The summed E-state index contributed by atoms with van der Waals surface area (Å²) >= 11 is 0. The first-order valence-electron chi connectivity index (χ1n) is 21.7. The number of rotatable bonds is 4. The van der Waals surface area contributed by atoms with Gasteiger partial charge in [-0.05, 0) is 160 Å². The Kier molecular flexibility index (Phi) is 6.92. The van der Waals surface area contributed by atoms with Crippen molar-refractivity contribution in [1.82, 2.24) is 0 Å².